The van der Waals surface area contributed by atoms with Crippen molar-refractivity contribution in [2.24, 2.45) is 0 Å². The van der Waals surface area contributed by atoms with E-state index in [1.807, 2.05) is 0 Å². The Morgan fingerprint density at radius 3 is 2.65 bits per heavy atom. The summed E-state index contributed by atoms with van der Waals surface area (Å²) in [5, 5.41) is 8.97. The molecule has 0 atom stereocenters. The summed E-state index contributed by atoms with van der Waals surface area (Å²) in [4.78, 5) is 23.1. The number of carboxylic acid groups (broad SMARTS) is 1. The van der Waals surface area contributed by atoms with Gasteiger partial charge in [-0.3, -0.25) is 4.79 Å². The molecule has 0 aliphatic heterocycles. The zero-order chi connectivity index (χ0) is 12.4. The molecule has 1 aliphatic rings. The maximum Gasteiger partial charge on any atom is 0.341 e. The van der Waals surface area contributed by atoms with E-state index in [9.17, 15) is 9.59 Å². The van der Waals surface area contributed by atoms with Crippen LogP contribution in [0, 0.1) is 0 Å². The molecule has 1 saturated carbocycles. The van der Waals surface area contributed by atoms with Gasteiger partial charge in [0.1, 0.15) is 5.56 Å². The molecule has 4 nitrogen and oxygen atoms in total. The lowest BCUT2D eigenvalue weighted by atomic mass is 9.92. The fourth-order valence-electron chi connectivity index (χ4n) is 2.26. The summed E-state index contributed by atoms with van der Waals surface area (Å²) in [6, 6.07) is 3.43. The Balaban J connectivity index is 2.51. The number of aromatic carboxylic acids is 1. The average Bonchev–Trinajstić information content (AvgIpc) is 2.20. The van der Waals surface area contributed by atoms with E-state index in [0.29, 0.717) is 0 Å². The second-order valence-electron chi connectivity index (χ2n) is 4.55. The fraction of sp³-hybridized carbons (Fsp3) is 0.538. The van der Waals surface area contributed by atoms with Crippen molar-refractivity contribution in [3.05, 3.63) is 33.7 Å². The molecule has 4 heteroatoms. The van der Waals surface area contributed by atoms with E-state index in [4.69, 9.17) is 5.11 Å². The van der Waals surface area contributed by atoms with Gasteiger partial charge in [-0.1, -0.05) is 13.3 Å². The molecular formula is C13H17NO3. The molecule has 0 aromatic carbocycles. The summed E-state index contributed by atoms with van der Waals surface area (Å²) in [6.07, 6.45) is 4.88. The highest BCUT2D eigenvalue weighted by Crippen LogP contribution is 2.31. The summed E-state index contributed by atoms with van der Waals surface area (Å²) in [5.41, 5.74) is 0.511. The molecule has 92 valence electrons. The molecule has 0 unspecified atom stereocenters. The van der Waals surface area contributed by atoms with Gasteiger partial charge in [-0.25, -0.2) is 4.79 Å². The van der Waals surface area contributed by atoms with E-state index in [2.05, 4.69) is 6.92 Å². The number of hydrogen-bond acceptors (Lipinski definition) is 2. The van der Waals surface area contributed by atoms with Crippen molar-refractivity contribution in [3.63, 3.8) is 0 Å². The molecule has 17 heavy (non-hydrogen) atoms. The maximum absolute atomic E-state index is 12.1. The fourth-order valence-corrected chi connectivity index (χ4v) is 2.26. The van der Waals surface area contributed by atoms with Crippen LogP contribution in [0.3, 0.4) is 0 Å². The second kappa shape index (κ2) is 4.73. The predicted octanol–water partition coefficient (Wildman–Crippen LogP) is 2.22. The lowest BCUT2D eigenvalue weighted by Gasteiger charge is -2.30. The van der Waals surface area contributed by atoms with Crippen LogP contribution >= 0.6 is 0 Å². The SMILES string of the molecule is CCCc1ccc(C(=O)O)c(=O)n1C1CCC1. The van der Waals surface area contributed by atoms with Crippen LogP contribution in [0.15, 0.2) is 16.9 Å². The highest BCUT2D eigenvalue weighted by molar-refractivity contribution is 5.87. The molecule has 0 spiro atoms. The zero-order valence-electron chi connectivity index (χ0n) is 9.98. The van der Waals surface area contributed by atoms with Crippen LogP contribution in [-0.4, -0.2) is 15.6 Å². The number of rotatable bonds is 4. The van der Waals surface area contributed by atoms with E-state index >= 15 is 0 Å². The van der Waals surface area contributed by atoms with E-state index < -0.39 is 5.97 Å². The van der Waals surface area contributed by atoms with E-state index in [1.165, 1.54) is 6.07 Å². The third-order valence-electron chi connectivity index (χ3n) is 3.38. The lowest BCUT2D eigenvalue weighted by Crippen LogP contribution is -2.34. The maximum atomic E-state index is 12.1. The largest absolute Gasteiger partial charge is 0.477 e. The van der Waals surface area contributed by atoms with Gasteiger partial charge in [-0.15, -0.1) is 0 Å². The molecule has 1 aromatic heterocycles. The number of carbonyl (C=O) groups is 1. The van der Waals surface area contributed by atoms with Crippen LogP contribution in [0.4, 0.5) is 0 Å². The quantitative estimate of drug-likeness (QED) is 0.870. The summed E-state index contributed by atoms with van der Waals surface area (Å²) < 4.78 is 1.70. The molecule has 0 bridgehead atoms. The first-order valence-electron chi connectivity index (χ1n) is 6.13. The van der Waals surface area contributed by atoms with Crippen LogP contribution in [0.25, 0.3) is 0 Å². The van der Waals surface area contributed by atoms with E-state index in [0.717, 1.165) is 37.8 Å². The number of carboxylic acids is 1. The zero-order valence-corrected chi connectivity index (χ0v) is 9.98. The van der Waals surface area contributed by atoms with Crippen molar-refractivity contribution >= 4 is 5.97 Å². The molecule has 1 aromatic rings. The van der Waals surface area contributed by atoms with Gasteiger partial charge in [0.05, 0.1) is 0 Å². The van der Waals surface area contributed by atoms with Crippen molar-refractivity contribution in [2.75, 3.05) is 0 Å². The monoisotopic (exact) mass is 235 g/mol. The van der Waals surface area contributed by atoms with Crippen LogP contribution < -0.4 is 5.56 Å². The minimum atomic E-state index is -1.13. The summed E-state index contributed by atoms with van der Waals surface area (Å²) in [7, 11) is 0. The molecule has 2 rings (SSSR count). The summed E-state index contributed by atoms with van der Waals surface area (Å²) in [5.74, 6) is -1.13. The third kappa shape index (κ3) is 2.12. The van der Waals surface area contributed by atoms with Gasteiger partial charge < -0.3 is 9.67 Å². The number of aromatic nitrogens is 1. The van der Waals surface area contributed by atoms with Gasteiger partial charge in [-0.05, 0) is 37.8 Å². The minimum Gasteiger partial charge on any atom is -0.477 e. The van der Waals surface area contributed by atoms with E-state index in [1.54, 1.807) is 10.6 Å². The second-order valence-corrected chi connectivity index (χ2v) is 4.55. The molecule has 1 aliphatic carbocycles. The smallest absolute Gasteiger partial charge is 0.341 e. The Bertz CT molecular complexity index is 486. The van der Waals surface area contributed by atoms with Crippen LogP contribution in [0.1, 0.15) is 54.7 Å². The molecule has 0 saturated heterocycles. The van der Waals surface area contributed by atoms with Crippen molar-refractivity contribution in [1.29, 1.82) is 0 Å². The van der Waals surface area contributed by atoms with Crippen molar-refractivity contribution in [1.82, 2.24) is 4.57 Å². The lowest BCUT2D eigenvalue weighted by molar-refractivity contribution is 0.0693. The first-order valence-corrected chi connectivity index (χ1v) is 6.13. The third-order valence-corrected chi connectivity index (χ3v) is 3.38. The highest BCUT2D eigenvalue weighted by atomic mass is 16.4. The Hall–Kier alpha value is -1.58. The summed E-state index contributed by atoms with van der Waals surface area (Å²) >= 11 is 0. The topological polar surface area (TPSA) is 59.3 Å². The van der Waals surface area contributed by atoms with Gasteiger partial charge >= 0.3 is 5.97 Å². The van der Waals surface area contributed by atoms with Crippen molar-refractivity contribution in [3.8, 4) is 0 Å². The van der Waals surface area contributed by atoms with Crippen LogP contribution in [0.5, 0.6) is 0 Å². The first kappa shape index (κ1) is 11.9. The van der Waals surface area contributed by atoms with Crippen molar-refractivity contribution < 1.29 is 9.90 Å². The first-order chi connectivity index (χ1) is 8.15. The standard InChI is InChI=1S/C13H17NO3/c1-2-4-9-7-8-11(13(16)17)12(15)14(9)10-5-3-6-10/h7-8,10H,2-6H2,1H3,(H,16,17). The van der Waals surface area contributed by atoms with Gasteiger partial charge in [0.2, 0.25) is 0 Å². The minimum absolute atomic E-state index is 0.114. The molecule has 0 radical (unpaired) electrons. The van der Waals surface area contributed by atoms with Gasteiger partial charge in [0.15, 0.2) is 0 Å². The molecular weight excluding hydrogens is 218 g/mol. The Morgan fingerprint density at radius 1 is 1.47 bits per heavy atom. The van der Waals surface area contributed by atoms with Crippen LogP contribution in [0.2, 0.25) is 0 Å². The van der Waals surface area contributed by atoms with Crippen molar-refractivity contribution in [2.45, 2.75) is 45.1 Å². The van der Waals surface area contributed by atoms with Crippen LogP contribution in [-0.2, 0) is 6.42 Å². The Kier molecular flexibility index (Phi) is 3.31. The van der Waals surface area contributed by atoms with E-state index in [-0.39, 0.29) is 17.2 Å². The average molecular weight is 235 g/mol. The molecule has 1 N–H and O–H groups in total. The number of nitrogens with zero attached hydrogens (tertiary/aromatic N) is 1. The molecule has 1 heterocycles. The molecule has 1 fully saturated rings. The summed E-state index contributed by atoms with van der Waals surface area (Å²) in [6.45, 7) is 2.06. The highest BCUT2D eigenvalue weighted by Gasteiger charge is 2.24. The Labute approximate surface area is 99.9 Å². The van der Waals surface area contributed by atoms with Gasteiger partial charge in [0, 0.05) is 11.7 Å². The number of hydrogen-bond donors (Lipinski definition) is 1. The predicted molar refractivity (Wildman–Crippen MR) is 64.5 cm³/mol. The normalized spacial score (nSPS) is 15.6. The number of pyridine rings is 1. The van der Waals surface area contributed by atoms with Gasteiger partial charge in [-0.2, -0.15) is 0 Å². The Morgan fingerprint density at radius 2 is 2.18 bits per heavy atom. The van der Waals surface area contributed by atoms with Gasteiger partial charge in [0.25, 0.3) is 5.56 Å². The number of aryl methyl sites for hydroxylation is 1. The molecule has 0 amide bonds.